The zero-order valence-corrected chi connectivity index (χ0v) is 11.0. The molecule has 0 fully saturated rings. The first kappa shape index (κ1) is 13.4. The molecule has 0 saturated carbocycles. The molecule has 0 unspecified atom stereocenters. The molecule has 0 aliphatic carbocycles. The molecule has 0 aliphatic rings. The minimum absolute atomic E-state index is 0.0778. The molecule has 102 valence electrons. The van der Waals surface area contributed by atoms with Crippen LogP contribution in [0.5, 0.6) is 0 Å². The zero-order valence-electron chi connectivity index (χ0n) is 11.0. The van der Waals surface area contributed by atoms with E-state index < -0.39 is 0 Å². The molecule has 2 rings (SSSR count). The summed E-state index contributed by atoms with van der Waals surface area (Å²) in [7, 11) is 1.65. The van der Waals surface area contributed by atoms with Gasteiger partial charge in [-0.2, -0.15) is 5.10 Å². The van der Waals surface area contributed by atoms with Crippen LogP contribution in [-0.2, 0) is 22.6 Å². The quantitative estimate of drug-likeness (QED) is 0.856. The number of carbonyl (C=O) groups excluding carboxylic acids is 1. The minimum atomic E-state index is -0.0778. The van der Waals surface area contributed by atoms with Crippen molar-refractivity contribution in [1.29, 1.82) is 0 Å². The molecule has 1 N–H and O–H groups in total. The standard InChI is InChI=1S/C13H17N3O3/c1-10(17)14-9-11-8-12(13-4-3-6-19-13)16(15-11)5-7-18-2/h3-4,6,8H,5,7,9H2,1-2H3,(H,14,17). The Morgan fingerprint density at radius 2 is 2.42 bits per heavy atom. The lowest BCUT2D eigenvalue weighted by molar-refractivity contribution is -0.119. The van der Waals surface area contributed by atoms with Crippen molar-refractivity contribution in [2.45, 2.75) is 20.0 Å². The summed E-state index contributed by atoms with van der Waals surface area (Å²) < 4.78 is 12.3. The van der Waals surface area contributed by atoms with Crippen LogP contribution < -0.4 is 5.32 Å². The first-order valence-electron chi connectivity index (χ1n) is 6.04. The van der Waals surface area contributed by atoms with Gasteiger partial charge in [0.25, 0.3) is 0 Å². The number of rotatable bonds is 6. The van der Waals surface area contributed by atoms with Crippen LogP contribution in [0.25, 0.3) is 11.5 Å². The van der Waals surface area contributed by atoms with Crippen molar-refractivity contribution in [3.8, 4) is 11.5 Å². The van der Waals surface area contributed by atoms with Gasteiger partial charge in [0.15, 0.2) is 5.76 Å². The highest BCUT2D eigenvalue weighted by Crippen LogP contribution is 2.21. The fourth-order valence-electron chi connectivity index (χ4n) is 1.74. The van der Waals surface area contributed by atoms with Crippen molar-refractivity contribution in [2.75, 3.05) is 13.7 Å². The first-order valence-corrected chi connectivity index (χ1v) is 6.04. The smallest absolute Gasteiger partial charge is 0.217 e. The van der Waals surface area contributed by atoms with Crippen molar-refractivity contribution in [3.63, 3.8) is 0 Å². The number of hydrogen-bond acceptors (Lipinski definition) is 4. The maximum Gasteiger partial charge on any atom is 0.217 e. The zero-order chi connectivity index (χ0) is 13.7. The topological polar surface area (TPSA) is 69.3 Å². The third-order valence-electron chi connectivity index (χ3n) is 2.63. The van der Waals surface area contributed by atoms with E-state index in [4.69, 9.17) is 9.15 Å². The van der Waals surface area contributed by atoms with Gasteiger partial charge in [-0.15, -0.1) is 0 Å². The Balaban J connectivity index is 2.21. The monoisotopic (exact) mass is 263 g/mol. The number of methoxy groups -OCH3 is 1. The van der Waals surface area contributed by atoms with E-state index in [1.54, 1.807) is 13.4 Å². The summed E-state index contributed by atoms with van der Waals surface area (Å²) in [6.45, 7) is 3.08. The summed E-state index contributed by atoms with van der Waals surface area (Å²) in [4.78, 5) is 10.9. The van der Waals surface area contributed by atoms with Crippen molar-refractivity contribution in [2.24, 2.45) is 0 Å². The summed E-state index contributed by atoms with van der Waals surface area (Å²) in [5, 5.41) is 7.16. The molecule has 0 bridgehead atoms. The lowest BCUT2D eigenvalue weighted by Gasteiger charge is -2.04. The molecule has 19 heavy (non-hydrogen) atoms. The lowest BCUT2D eigenvalue weighted by atomic mass is 10.3. The Kier molecular flexibility index (Phi) is 4.35. The molecule has 0 atom stereocenters. The molecule has 0 saturated heterocycles. The van der Waals surface area contributed by atoms with E-state index in [1.165, 1.54) is 6.92 Å². The number of nitrogens with one attached hydrogen (secondary N) is 1. The SMILES string of the molecule is COCCn1nc(CNC(C)=O)cc1-c1ccco1. The van der Waals surface area contributed by atoms with E-state index in [-0.39, 0.29) is 5.91 Å². The van der Waals surface area contributed by atoms with E-state index in [1.807, 2.05) is 22.9 Å². The maximum atomic E-state index is 10.9. The number of amides is 1. The van der Waals surface area contributed by atoms with Gasteiger partial charge in [0, 0.05) is 14.0 Å². The summed E-state index contributed by atoms with van der Waals surface area (Å²) >= 11 is 0. The van der Waals surface area contributed by atoms with Gasteiger partial charge >= 0.3 is 0 Å². The van der Waals surface area contributed by atoms with Gasteiger partial charge in [0.05, 0.1) is 31.7 Å². The summed E-state index contributed by atoms with van der Waals surface area (Å²) in [5.74, 6) is 0.670. The average molecular weight is 263 g/mol. The van der Waals surface area contributed by atoms with Gasteiger partial charge in [0.1, 0.15) is 5.69 Å². The fraction of sp³-hybridized carbons (Fsp3) is 0.385. The van der Waals surface area contributed by atoms with E-state index in [0.717, 1.165) is 17.1 Å². The normalized spacial score (nSPS) is 10.6. The summed E-state index contributed by atoms with van der Waals surface area (Å²) in [6, 6.07) is 5.61. The second-order valence-electron chi connectivity index (χ2n) is 4.12. The van der Waals surface area contributed by atoms with E-state index in [2.05, 4.69) is 10.4 Å². The van der Waals surface area contributed by atoms with Crippen molar-refractivity contribution < 1.29 is 13.9 Å². The van der Waals surface area contributed by atoms with E-state index in [0.29, 0.717) is 19.7 Å². The molecule has 0 spiro atoms. The predicted octanol–water partition coefficient (Wildman–Crippen LogP) is 1.43. The van der Waals surface area contributed by atoms with Gasteiger partial charge < -0.3 is 14.5 Å². The van der Waals surface area contributed by atoms with Crippen LogP contribution in [0.2, 0.25) is 0 Å². The fourth-order valence-corrected chi connectivity index (χ4v) is 1.74. The van der Waals surface area contributed by atoms with Crippen LogP contribution >= 0.6 is 0 Å². The second kappa shape index (κ2) is 6.19. The van der Waals surface area contributed by atoms with Gasteiger partial charge in [0.2, 0.25) is 5.91 Å². The van der Waals surface area contributed by atoms with Crippen LogP contribution in [0.3, 0.4) is 0 Å². The van der Waals surface area contributed by atoms with Crippen molar-refractivity contribution in [1.82, 2.24) is 15.1 Å². The summed E-state index contributed by atoms with van der Waals surface area (Å²) in [5.41, 5.74) is 1.67. The van der Waals surface area contributed by atoms with Gasteiger partial charge in [-0.25, -0.2) is 0 Å². The molecule has 2 heterocycles. The van der Waals surface area contributed by atoms with E-state index >= 15 is 0 Å². The molecule has 2 aromatic rings. The van der Waals surface area contributed by atoms with Gasteiger partial charge in [-0.05, 0) is 18.2 Å². The molecule has 0 radical (unpaired) electrons. The molecular formula is C13H17N3O3. The Morgan fingerprint density at radius 1 is 1.58 bits per heavy atom. The largest absolute Gasteiger partial charge is 0.463 e. The molecule has 6 heteroatoms. The molecule has 0 aliphatic heterocycles. The number of furan rings is 1. The number of ether oxygens (including phenoxy) is 1. The first-order chi connectivity index (χ1) is 9.20. The van der Waals surface area contributed by atoms with Crippen LogP contribution in [0.4, 0.5) is 0 Å². The highest BCUT2D eigenvalue weighted by molar-refractivity contribution is 5.72. The van der Waals surface area contributed by atoms with Crippen LogP contribution in [0, 0.1) is 0 Å². The number of carbonyl (C=O) groups is 1. The average Bonchev–Trinajstić information content (AvgIpc) is 3.02. The lowest BCUT2D eigenvalue weighted by Crippen LogP contribution is -2.19. The molecular weight excluding hydrogens is 246 g/mol. The van der Waals surface area contributed by atoms with Gasteiger partial charge in [-0.3, -0.25) is 9.48 Å². The molecule has 1 amide bonds. The third-order valence-corrected chi connectivity index (χ3v) is 2.63. The van der Waals surface area contributed by atoms with Crippen LogP contribution in [-0.4, -0.2) is 29.4 Å². The van der Waals surface area contributed by atoms with Crippen LogP contribution in [0.15, 0.2) is 28.9 Å². The Labute approximate surface area is 111 Å². The number of hydrogen-bond donors (Lipinski definition) is 1. The Hall–Kier alpha value is -2.08. The number of aromatic nitrogens is 2. The maximum absolute atomic E-state index is 10.9. The molecule has 6 nitrogen and oxygen atoms in total. The second-order valence-corrected chi connectivity index (χ2v) is 4.12. The molecule has 0 aromatic carbocycles. The van der Waals surface area contributed by atoms with Crippen molar-refractivity contribution in [3.05, 3.63) is 30.2 Å². The molecule has 2 aromatic heterocycles. The van der Waals surface area contributed by atoms with Crippen LogP contribution in [0.1, 0.15) is 12.6 Å². The van der Waals surface area contributed by atoms with Gasteiger partial charge in [-0.1, -0.05) is 0 Å². The number of nitrogens with zero attached hydrogens (tertiary/aromatic N) is 2. The van der Waals surface area contributed by atoms with E-state index in [9.17, 15) is 4.79 Å². The third kappa shape index (κ3) is 3.45. The highest BCUT2D eigenvalue weighted by Gasteiger charge is 2.12. The predicted molar refractivity (Wildman–Crippen MR) is 69.3 cm³/mol. The minimum Gasteiger partial charge on any atom is -0.463 e. The van der Waals surface area contributed by atoms with Crippen molar-refractivity contribution >= 4 is 5.91 Å². The summed E-state index contributed by atoms with van der Waals surface area (Å²) in [6.07, 6.45) is 1.62. The Morgan fingerprint density at radius 3 is 3.05 bits per heavy atom. The Bertz CT molecular complexity index is 531. The highest BCUT2D eigenvalue weighted by atomic mass is 16.5.